The molecular formula is C17H22N4O. The number of hydrogen-bond donors (Lipinski definition) is 0. The van der Waals surface area contributed by atoms with E-state index in [0.29, 0.717) is 6.54 Å². The maximum atomic E-state index is 12.5. The van der Waals surface area contributed by atoms with Crippen LogP contribution < -0.4 is 4.90 Å². The molecular weight excluding hydrogens is 276 g/mol. The van der Waals surface area contributed by atoms with E-state index in [1.165, 1.54) is 0 Å². The Kier molecular flexibility index (Phi) is 4.13. The number of carbonyl (C=O) groups excluding carboxylic acids is 1. The van der Waals surface area contributed by atoms with Crippen LogP contribution in [-0.4, -0.2) is 46.5 Å². The van der Waals surface area contributed by atoms with Crippen LogP contribution in [0.2, 0.25) is 0 Å². The summed E-state index contributed by atoms with van der Waals surface area (Å²) in [6.45, 7) is 7.72. The summed E-state index contributed by atoms with van der Waals surface area (Å²) in [4.78, 5) is 21.0. The second-order valence-electron chi connectivity index (χ2n) is 5.76. The van der Waals surface area contributed by atoms with Gasteiger partial charge in [0.1, 0.15) is 12.4 Å². The molecule has 5 nitrogen and oxygen atoms in total. The van der Waals surface area contributed by atoms with Crippen LogP contribution in [0.25, 0.3) is 0 Å². The van der Waals surface area contributed by atoms with Crippen LogP contribution in [0.5, 0.6) is 0 Å². The van der Waals surface area contributed by atoms with Crippen LogP contribution in [0.4, 0.5) is 5.82 Å². The number of carbonyl (C=O) groups is 1. The maximum Gasteiger partial charge on any atom is 0.242 e. The zero-order valence-electron chi connectivity index (χ0n) is 13.2. The predicted octanol–water partition coefficient (Wildman–Crippen LogP) is 1.85. The van der Waals surface area contributed by atoms with Gasteiger partial charge in [-0.3, -0.25) is 4.79 Å². The van der Waals surface area contributed by atoms with Gasteiger partial charge in [-0.1, -0.05) is 6.07 Å². The van der Waals surface area contributed by atoms with Crippen LogP contribution in [0.3, 0.4) is 0 Å². The van der Waals surface area contributed by atoms with Gasteiger partial charge in [0.25, 0.3) is 0 Å². The van der Waals surface area contributed by atoms with E-state index in [0.717, 1.165) is 43.4 Å². The fourth-order valence-corrected chi connectivity index (χ4v) is 2.91. The summed E-state index contributed by atoms with van der Waals surface area (Å²) in [7, 11) is 0. The number of amides is 1. The topological polar surface area (TPSA) is 41.4 Å². The summed E-state index contributed by atoms with van der Waals surface area (Å²) >= 11 is 0. The molecule has 0 aromatic carbocycles. The lowest BCUT2D eigenvalue weighted by Crippen LogP contribution is -2.49. The molecule has 22 heavy (non-hydrogen) atoms. The average Bonchev–Trinajstić information content (AvgIpc) is 2.88. The largest absolute Gasteiger partial charge is 0.353 e. The zero-order chi connectivity index (χ0) is 15.5. The number of pyridine rings is 1. The molecule has 0 bridgehead atoms. The summed E-state index contributed by atoms with van der Waals surface area (Å²) < 4.78 is 2.08. The van der Waals surface area contributed by atoms with Gasteiger partial charge in [0.05, 0.1) is 0 Å². The molecule has 3 heterocycles. The summed E-state index contributed by atoms with van der Waals surface area (Å²) in [6.07, 6.45) is 1.81. The normalized spacial score (nSPS) is 15.2. The standard InChI is InChI=1S/C17H22N4O/c1-14-6-7-15(2)21(14)13-17(22)20-11-9-19(10-12-20)16-5-3-4-8-18-16/h3-8H,9-13H2,1-2H3. The van der Waals surface area contributed by atoms with Crippen molar-refractivity contribution in [2.75, 3.05) is 31.1 Å². The molecule has 2 aromatic rings. The fourth-order valence-electron chi connectivity index (χ4n) is 2.91. The van der Waals surface area contributed by atoms with Crippen LogP contribution >= 0.6 is 0 Å². The van der Waals surface area contributed by atoms with Crippen molar-refractivity contribution in [2.24, 2.45) is 0 Å². The first-order valence-corrected chi connectivity index (χ1v) is 7.71. The minimum absolute atomic E-state index is 0.197. The number of hydrogen-bond acceptors (Lipinski definition) is 3. The Morgan fingerprint density at radius 3 is 2.32 bits per heavy atom. The number of rotatable bonds is 3. The number of aromatic nitrogens is 2. The number of piperazine rings is 1. The SMILES string of the molecule is Cc1ccc(C)n1CC(=O)N1CCN(c2ccccn2)CC1. The summed E-state index contributed by atoms with van der Waals surface area (Å²) in [5, 5.41) is 0. The van der Waals surface area contributed by atoms with E-state index in [2.05, 4.69) is 26.6 Å². The van der Waals surface area contributed by atoms with Gasteiger partial charge < -0.3 is 14.4 Å². The van der Waals surface area contributed by atoms with Crippen LogP contribution in [0.1, 0.15) is 11.4 Å². The van der Waals surface area contributed by atoms with Crippen molar-refractivity contribution >= 4 is 11.7 Å². The van der Waals surface area contributed by atoms with Crippen molar-refractivity contribution in [1.29, 1.82) is 0 Å². The highest BCUT2D eigenvalue weighted by Gasteiger charge is 2.22. The van der Waals surface area contributed by atoms with Crippen LogP contribution in [0, 0.1) is 13.8 Å². The lowest BCUT2D eigenvalue weighted by atomic mass is 10.3. The Morgan fingerprint density at radius 1 is 1.05 bits per heavy atom. The molecule has 0 radical (unpaired) electrons. The van der Waals surface area contributed by atoms with Gasteiger partial charge in [-0.2, -0.15) is 0 Å². The van der Waals surface area contributed by atoms with E-state index >= 15 is 0 Å². The fraction of sp³-hybridized carbons (Fsp3) is 0.412. The molecule has 0 spiro atoms. The molecule has 0 saturated carbocycles. The molecule has 0 N–H and O–H groups in total. The van der Waals surface area contributed by atoms with Gasteiger partial charge in [0.2, 0.25) is 5.91 Å². The van der Waals surface area contributed by atoms with Crippen molar-refractivity contribution in [3.63, 3.8) is 0 Å². The lowest BCUT2D eigenvalue weighted by Gasteiger charge is -2.35. The Morgan fingerprint density at radius 2 is 1.73 bits per heavy atom. The summed E-state index contributed by atoms with van der Waals surface area (Å²) in [6, 6.07) is 10.1. The monoisotopic (exact) mass is 298 g/mol. The molecule has 1 aliphatic heterocycles. The lowest BCUT2D eigenvalue weighted by molar-refractivity contribution is -0.132. The predicted molar refractivity (Wildman–Crippen MR) is 86.9 cm³/mol. The second-order valence-corrected chi connectivity index (χ2v) is 5.76. The van der Waals surface area contributed by atoms with Gasteiger partial charge in [-0.15, -0.1) is 0 Å². The third-order valence-electron chi connectivity index (χ3n) is 4.32. The van der Waals surface area contributed by atoms with Gasteiger partial charge in [0.15, 0.2) is 0 Å². The molecule has 0 unspecified atom stereocenters. The van der Waals surface area contributed by atoms with Gasteiger partial charge in [0, 0.05) is 43.8 Å². The molecule has 1 aliphatic rings. The Bertz CT molecular complexity index is 622. The quantitative estimate of drug-likeness (QED) is 0.868. The molecule has 0 atom stereocenters. The van der Waals surface area contributed by atoms with Gasteiger partial charge in [-0.25, -0.2) is 4.98 Å². The van der Waals surface area contributed by atoms with E-state index in [1.807, 2.05) is 43.1 Å². The van der Waals surface area contributed by atoms with E-state index < -0.39 is 0 Å². The van der Waals surface area contributed by atoms with Gasteiger partial charge >= 0.3 is 0 Å². The van der Waals surface area contributed by atoms with Crippen molar-refractivity contribution in [2.45, 2.75) is 20.4 Å². The number of aryl methyl sites for hydroxylation is 2. The molecule has 116 valence electrons. The summed E-state index contributed by atoms with van der Waals surface area (Å²) in [5.41, 5.74) is 2.27. The van der Waals surface area contributed by atoms with E-state index in [-0.39, 0.29) is 5.91 Å². The Hall–Kier alpha value is -2.30. The van der Waals surface area contributed by atoms with E-state index in [9.17, 15) is 4.79 Å². The van der Waals surface area contributed by atoms with E-state index in [4.69, 9.17) is 0 Å². The first-order chi connectivity index (χ1) is 10.6. The highest BCUT2D eigenvalue weighted by molar-refractivity contribution is 5.76. The van der Waals surface area contributed by atoms with Crippen molar-refractivity contribution in [3.05, 3.63) is 47.9 Å². The Balaban J connectivity index is 1.58. The molecule has 0 aliphatic carbocycles. The molecule has 1 fully saturated rings. The maximum absolute atomic E-state index is 12.5. The molecule has 2 aromatic heterocycles. The van der Waals surface area contributed by atoms with Crippen molar-refractivity contribution in [3.8, 4) is 0 Å². The number of nitrogens with zero attached hydrogens (tertiary/aromatic N) is 4. The molecule has 5 heteroatoms. The highest BCUT2D eigenvalue weighted by atomic mass is 16.2. The highest BCUT2D eigenvalue weighted by Crippen LogP contribution is 2.14. The van der Waals surface area contributed by atoms with Gasteiger partial charge in [-0.05, 0) is 38.1 Å². The summed E-state index contributed by atoms with van der Waals surface area (Å²) in [5.74, 6) is 1.19. The smallest absolute Gasteiger partial charge is 0.242 e. The minimum Gasteiger partial charge on any atom is -0.353 e. The zero-order valence-corrected chi connectivity index (χ0v) is 13.2. The van der Waals surface area contributed by atoms with Crippen LogP contribution in [-0.2, 0) is 11.3 Å². The van der Waals surface area contributed by atoms with Crippen molar-refractivity contribution < 1.29 is 4.79 Å². The van der Waals surface area contributed by atoms with Crippen LogP contribution in [0.15, 0.2) is 36.5 Å². The van der Waals surface area contributed by atoms with E-state index in [1.54, 1.807) is 0 Å². The first kappa shape index (κ1) is 14.6. The Labute approximate surface area is 131 Å². The second kappa shape index (κ2) is 6.22. The third kappa shape index (κ3) is 2.98. The molecule has 3 rings (SSSR count). The molecule has 1 amide bonds. The first-order valence-electron chi connectivity index (χ1n) is 7.71. The molecule has 1 saturated heterocycles. The minimum atomic E-state index is 0.197. The van der Waals surface area contributed by atoms with Crippen molar-refractivity contribution in [1.82, 2.24) is 14.5 Å². The average molecular weight is 298 g/mol. The number of anilines is 1. The third-order valence-corrected chi connectivity index (χ3v) is 4.32.